The molecule has 2 aliphatic heterocycles. The normalized spacial score (nSPS) is 26.2. The summed E-state index contributed by atoms with van der Waals surface area (Å²) in [5.74, 6) is 0.560. The maximum absolute atomic E-state index is 5.86. The van der Waals surface area contributed by atoms with E-state index in [0.717, 1.165) is 13.2 Å². The first kappa shape index (κ1) is 13.3. The van der Waals surface area contributed by atoms with E-state index in [1.165, 1.54) is 26.5 Å². The molecule has 20 heavy (non-hydrogen) atoms. The van der Waals surface area contributed by atoms with Crippen molar-refractivity contribution in [1.29, 1.82) is 0 Å². The summed E-state index contributed by atoms with van der Waals surface area (Å²) >= 11 is 0. The molecule has 8 nitrogen and oxygen atoms in total. The maximum Gasteiger partial charge on any atom is 0.322 e. The van der Waals surface area contributed by atoms with Crippen LogP contribution < -0.4 is 15.8 Å². The average molecular weight is 280 g/mol. The van der Waals surface area contributed by atoms with Crippen LogP contribution in [0.4, 0.5) is 11.9 Å². The number of aromatic nitrogens is 3. The second-order valence-corrected chi connectivity index (χ2v) is 5.13. The predicted octanol–water partition coefficient (Wildman–Crippen LogP) is -0.262. The van der Waals surface area contributed by atoms with E-state index in [0.29, 0.717) is 18.5 Å². The third kappa shape index (κ3) is 2.91. The molecule has 2 saturated heterocycles. The van der Waals surface area contributed by atoms with Crippen LogP contribution in [0, 0.1) is 0 Å². The molecule has 0 aliphatic carbocycles. The van der Waals surface area contributed by atoms with Crippen molar-refractivity contribution in [3.8, 4) is 6.01 Å². The van der Waals surface area contributed by atoms with Gasteiger partial charge in [0.05, 0.1) is 19.8 Å². The summed E-state index contributed by atoms with van der Waals surface area (Å²) in [5, 5.41) is 3.14. The largest absolute Gasteiger partial charge is 0.467 e. The van der Waals surface area contributed by atoms with Gasteiger partial charge in [-0.1, -0.05) is 0 Å². The van der Waals surface area contributed by atoms with Gasteiger partial charge in [0.1, 0.15) is 0 Å². The monoisotopic (exact) mass is 280 g/mol. The molecule has 8 heteroatoms. The third-order valence-corrected chi connectivity index (χ3v) is 3.76. The van der Waals surface area contributed by atoms with Gasteiger partial charge in [0.25, 0.3) is 0 Å². The van der Waals surface area contributed by atoms with E-state index in [1.54, 1.807) is 0 Å². The highest BCUT2D eigenvalue weighted by molar-refractivity contribution is 5.32. The van der Waals surface area contributed by atoms with E-state index in [1.807, 2.05) is 0 Å². The van der Waals surface area contributed by atoms with E-state index >= 15 is 0 Å². The number of morpholine rings is 1. The van der Waals surface area contributed by atoms with Gasteiger partial charge in [0.15, 0.2) is 0 Å². The molecule has 3 rings (SSSR count). The molecule has 1 aromatic rings. The number of anilines is 2. The lowest BCUT2D eigenvalue weighted by molar-refractivity contribution is -0.0416. The number of nitrogen functional groups attached to an aromatic ring is 1. The van der Waals surface area contributed by atoms with E-state index < -0.39 is 0 Å². The van der Waals surface area contributed by atoms with Crippen molar-refractivity contribution in [2.45, 2.75) is 25.0 Å². The fourth-order valence-corrected chi connectivity index (χ4v) is 2.76. The number of ether oxygens (including phenoxy) is 2. The van der Waals surface area contributed by atoms with Gasteiger partial charge in [0, 0.05) is 19.1 Å². The topological polar surface area (TPSA) is 98.4 Å². The summed E-state index contributed by atoms with van der Waals surface area (Å²) in [6.45, 7) is 3.59. The molecule has 0 saturated carbocycles. The van der Waals surface area contributed by atoms with Gasteiger partial charge in [-0.3, -0.25) is 4.90 Å². The van der Waals surface area contributed by atoms with Gasteiger partial charge in [-0.15, -0.1) is 0 Å². The molecule has 110 valence electrons. The third-order valence-electron chi connectivity index (χ3n) is 3.76. The Hall–Kier alpha value is -1.67. The number of hydrogen-bond donors (Lipinski definition) is 2. The first-order valence-corrected chi connectivity index (χ1v) is 6.89. The Morgan fingerprint density at radius 1 is 1.45 bits per heavy atom. The van der Waals surface area contributed by atoms with Crippen molar-refractivity contribution in [1.82, 2.24) is 19.9 Å². The number of nitrogens with zero attached hydrogens (tertiary/aromatic N) is 4. The maximum atomic E-state index is 5.86. The molecule has 2 atom stereocenters. The molecule has 0 amide bonds. The fourth-order valence-electron chi connectivity index (χ4n) is 2.76. The molecule has 2 unspecified atom stereocenters. The van der Waals surface area contributed by atoms with Crippen molar-refractivity contribution in [3.63, 3.8) is 0 Å². The van der Waals surface area contributed by atoms with Gasteiger partial charge >= 0.3 is 6.01 Å². The smallest absolute Gasteiger partial charge is 0.322 e. The second-order valence-electron chi connectivity index (χ2n) is 5.13. The SMILES string of the molecule is COc1nc(N)nc(NCC2CN3CCCC3CO2)n1. The number of hydrogen-bond acceptors (Lipinski definition) is 8. The Morgan fingerprint density at radius 2 is 2.35 bits per heavy atom. The molecular weight excluding hydrogens is 260 g/mol. The van der Waals surface area contributed by atoms with Crippen LogP contribution in [0.3, 0.4) is 0 Å². The van der Waals surface area contributed by atoms with Gasteiger partial charge in [-0.2, -0.15) is 15.0 Å². The van der Waals surface area contributed by atoms with Gasteiger partial charge in [-0.05, 0) is 19.4 Å². The van der Waals surface area contributed by atoms with Crippen LogP contribution in [0.5, 0.6) is 6.01 Å². The molecule has 0 radical (unpaired) electrons. The Morgan fingerprint density at radius 3 is 3.20 bits per heavy atom. The highest BCUT2D eigenvalue weighted by Gasteiger charge is 2.32. The molecule has 2 fully saturated rings. The Labute approximate surface area is 117 Å². The van der Waals surface area contributed by atoms with Crippen LogP contribution in [0.2, 0.25) is 0 Å². The lowest BCUT2D eigenvalue weighted by Crippen LogP contribution is -2.48. The zero-order valence-electron chi connectivity index (χ0n) is 11.6. The minimum Gasteiger partial charge on any atom is -0.467 e. The van der Waals surface area contributed by atoms with Crippen LogP contribution >= 0.6 is 0 Å². The Bertz CT molecular complexity index is 471. The quantitative estimate of drug-likeness (QED) is 0.778. The van der Waals surface area contributed by atoms with Crippen LogP contribution in [0.15, 0.2) is 0 Å². The van der Waals surface area contributed by atoms with Crippen molar-refractivity contribution >= 4 is 11.9 Å². The first-order valence-electron chi connectivity index (χ1n) is 6.89. The van der Waals surface area contributed by atoms with Crippen LogP contribution in [0.25, 0.3) is 0 Å². The van der Waals surface area contributed by atoms with Crippen molar-refractivity contribution < 1.29 is 9.47 Å². The molecule has 0 spiro atoms. The molecule has 2 aliphatic rings. The summed E-state index contributed by atoms with van der Waals surface area (Å²) in [6.07, 6.45) is 2.67. The second kappa shape index (κ2) is 5.76. The lowest BCUT2D eigenvalue weighted by atomic mass is 10.2. The van der Waals surface area contributed by atoms with E-state index in [2.05, 4.69) is 25.2 Å². The minimum absolute atomic E-state index is 0.142. The Kier molecular flexibility index (Phi) is 3.83. The molecule has 3 N–H and O–H groups in total. The predicted molar refractivity (Wildman–Crippen MR) is 73.6 cm³/mol. The van der Waals surface area contributed by atoms with E-state index in [9.17, 15) is 0 Å². The average Bonchev–Trinajstić information content (AvgIpc) is 2.92. The van der Waals surface area contributed by atoms with Crippen LogP contribution in [0.1, 0.15) is 12.8 Å². The summed E-state index contributed by atoms with van der Waals surface area (Å²) in [6, 6.07) is 0.823. The summed E-state index contributed by atoms with van der Waals surface area (Å²) in [7, 11) is 1.50. The highest BCUT2D eigenvalue weighted by Crippen LogP contribution is 2.22. The van der Waals surface area contributed by atoms with Crippen LogP contribution in [-0.4, -0.2) is 65.3 Å². The molecule has 0 bridgehead atoms. The van der Waals surface area contributed by atoms with Gasteiger partial charge in [0.2, 0.25) is 11.9 Å². The number of fused-ring (bicyclic) bond motifs is 1. The molecular formula is C12H20N6O2. The van der Waals surface area contributed by atoms with E-state index in [-0.39, 0.29) is 18.1 Å². The molecule has 0 aromatic carbocycles. The lowest BCUT2D eigenvalue weighted by Gasteiger charge is -2.35. The van der Waals surface area contributed by atoms with Crippen molar-refractivity contribution in [3.05, 3.63) is 0 Å². The summed E-state index contributed by atoms with van der Waals surface area (Å²) < 4.78 is 10.8. The highest BCUT2D eigenvalue weighted by atomic mass is 16.5. The standard InChI is InChI=1S/C12H20N6O2/c1-19-12-16-10(13)15-11(17-12)14-5-9-6-18-4-2-3-8(18)7-20-9/h8-9H,2-7H2,1H3,(H3,13,14,15,16,17). The number of nitrogens with two attached hydrogens (primary N) is 1. The fraction of sp³-hybridized carbons (Fsp3) is 0.750. The van der Waals surface area contributed by atoms with E-state index in [4.69, 9.17) is 15.2 Å². The first-order chi connectivity index (χ1) is 9.74. The number of rotatable bonds is 4. The summed E-state index contributed by atoms with van der Waals surface area (Å²) in [5.41, 5.74) is 5.59. The van der Waals surface area contributed by atoms with Gasteiger partial charge < -0.3 is 20.5 Å². The molecule has 1 aromatic heterocycles. The van der Waals surface area contributed by atoms with Crippen molar-refractivity contribution in [2.75, 3.05) is 44.4 Å². The van der Waals surface area contributed by atoms with Gasteiger partial charge in [-0.25, -0.2) is 0 Å². The number of methoxy groups -OCH3 is 1. The molecule has 3 heterocycles. The van der Waals surface area contributed by atoms with Crippen molar-refractivity contribution in [2.24, 2.45) is 0 Å². The number of nitrogens with one attached hydrogen (secondary N) is 1. The van der Waals surface area contributed by atoms with Crippen LogP contribution in [-0.2, 0) is 4.74 Å². The Balaban J connectivity index is 1.55. The summed E-state index contributed by atoms with van der Waals surface area (Å²) in [4.78, 5) is 14.5. The zero-order valence-corrected chi connectivity index (χ0v) is 11.6. The minimum atomic E-state index is 0.142. The zero-order chi connectivity index (χ0) is 13.9.